The molecule has 0 aromatic heterocycles. The highest BCUT2D eigenvalue weighted by Crippen LogP contribution is 2.35. The van der Waals surface area contributed by atoms with E-state index in [1.807, 2.05) is 42.5 Å². The number of hydrogen-bond acceptors (Lipinski definition) is 1. The van der Waals surface area contributed by atoms with Gasteiger partial charge in [0.2, 0.25) is 0 Å². The van der Waals surface area contributed by atoms with Crippen LogP contribution < -0.4 is 4.74 Å². The van der Waals surface area contributed by atoms with E-state index in [1.165, 1.54) is 11.5 Å². The monoisotopic (exact) mass is 319 g/mol. The van der Waals surface area contributed by atoms with Crippen LogP contribution in [0.4, 0.5) is 0 Å². The lowest BCUT2D eigenvalue weighted by atomic mass is 9.83. The van der Waals surface area contributed by atoms with Crippen molar-refractivity contribution in [3.63, 3.8) is 0 Å². The fourth-order valence-electron chi connectivity index (χ4n) is 2.75. The lowest BCUT2D eigenvalue weighted by Gasteiger charge is -2.29. The minimum Gasteiger partial charge on any atom is -0.490 e. The van der Waals surface area contributed by atoms with E-state index in [0.717, 1.165) is 31.4 Å². The lowest BCUT2D eigenvalue weighted by Crippen LogP contribution is -2.23. The van der Waals surface area contributed by atoms with E-state index < -0.39 is 0 Å². The van der Waals surface area contributed by atoms with E-state index in [9.17, 15) is 0 Å². The van der Waals surface area contributed by atoms with E-state index in [2.05, 4.69) is 6.07 Å². The minimum atomic E-state index is 0.305. The van der Waals surface area contributed by atoms with Crippen molar-refractivity contribution in [1.82, 2.24) is 0 Å². The van der Waals surface area contributed by atoms with Crippen molar-refractivity contribution in [2.75, 3.05) is 0 Å². The van der Waals surface area contributed by atoms with Crippen LogP contribution in [0.1, 0.15) is 31.2 Å². The topological polar surface area (TPSA) is 9.23 Å². The fraction of sp³-hybridized carbons (Fsp3) is 0.278. The Labute approximate surface area is 135 Å². The summed E-state index contributed by atoms with van der Waals surface area (Å²) in [6.45, 7) is 0. The maximum absolute atomic E-state index is 6.10. The molecule has 1 radical (unpaired) electrons. The van der Waals surface area contributed by atoms with Crippen molar-refractivity contribution in [3.8, 4) is 5.75 Å². The Morgan fingerprint density at radius 2 is 1.57 bits per heavy atom. The Morgan fingerprint density at radius 1 is 0.857 bits per heavy atom. The fourth-order valence-corrected chi connectivity index (χ4v) is 3.05. The molecule has 0 heterocycles. The van der Waals surface area contributed by atoms with Gasteiger partial charge in [0.05, 0.1) is 16.1 Å². The van der Waals surface area contributed by atoms with Gasteiger partial charge in [0.25, 0.3) is 0 Å². The zero-order chi connectivity index (χ0) is 14.7. The van der Waals surface area contributed by atoms with Crippen molar-refractivity contribution < 1.29 is 4.74 Å². The van der Waals surface area contributed by atoms with Crippen LogP contribution in [0.5, 0.6) is 5.75 Å². The van der Waals surface area contributed by atoms with Gasteiger partial charge in [0, 0.05) is 5.92 Å². The van der Waals surface area contributed by atoms with Gasteiger partial charge in [0.15, 0.2) is 0 Å². The van der Waals surface area contributed by atoms with Crippen LogP contribution in [0, 0.1) is 5.92 Å². The van der Waals surface area contributed by atoms with Gasteiger partial charge in [-0.25, -0.2) is 0 Å². The molecule has 1 saturated carbocycles. The molecule has 1 aliphatic rings. The minimum absolute atomic E-state index is 0.305. The average Bonchev–Trinajstić information content (AvgIpc) is 2.52. The molecule has 2 aromatic carbocycles. The normalized spacial score (nSPS) is 16.9. The summed E-state index contributed by atoms with van der Waals surface area (Å²) >= 11 is 12.1. The first-order valence-electron chi connectivity index (χ1n) is 7.24. The number of hydrogen-bond donors (Lipinski definition) is 0. The maximum Gasteiger partial charge on any atom is 0.119 e. The number of benzene rings is 2. The van der Waals surface area contributed by atoms with E-state index >= 15 is 0 Å². The first-order chi connectivity index (χ1) is 10.2. The van der Waals surface area contributed by atoms with Crippen LogP contribution in [0.2, 0.25) is 10.0 Å². The lowest BCUT2D eigenvalue weighted by molar-refractivity contribution is 0.163. The molecule has 0 saturated heterocycles. The largest absolute Gasteiger partial charge is 0.490 e. The second-order valence-electron chi connectivity index (χ2n) is 5.36. The zero-order valence-electron chi connectivity index (χ0n) is 11.7. The highest BCUT2D eigenvalue weighted by molar-refractivity contribution is 6.42. The quantitative estimate of drug-likeness (QED) is 0.680. The highest BCUT2D eigenvalue weighted by Gasteiger charge is 2.24. The van der Waals surface area contributed by atoms with Gasteiger partial charge < -0.3 is 4.74 Å². The standard InChI is InChI=1S/C18H17Cl2O/c19-17-11-8-14(12-18(17)20)13-6-9-16(10-7-13)21-15-4-2-1-3-5-15/h1-5,8,11-12,16H,6-7,9-10H2. The third kappa shape index (κ3) is 3.72. The summed E-state index contributed by atoms with van der Waals surface area (Å²) in [5.41, 5.74) is 1.21. The molecule has 109 valence electrons. The Kier molecular flexibility index (Phi) is 4.72. The van der Waals surface area contributed by atoms with E-state index in [1.54, 1.807) is 0 Å². The molecule has 3 rings (SSSR count). The number of ether oxygens (including phenoxy) is 1. The highest BCUT2D eigenvalue weighted by atomic mass is 35.5. The summed E-state index contributed by atoms with van der Waals surface area (Å²) < 4.78 is 6.02. The van der Waals surface area contributed by atoms with Crippen LogP contribution >= 0.6 is 23.2 Å². The number of halogens is 2. The van der Waals surface area contributed by atoms with Gasteiger partial charge in [-0.15, -0.1) is 0 Å². The molecule has 3 heteroatoms. The molecule has 1 aliphatic carbocycles. The average molecular weight is 320 g/mol. The van der Waals surface area contributed by atoms with Crippen LogP contribution in [0.3, 0.4) is 0 Å². The molecule has 0 amide bonds. The Balaban J connectivity index is 1.58. The zero-order valence-corrected chi connectivity index (χ0v) is 13.2. The molecule has 0 spiro atoms. The van der Waals surface area contributed by atoms with Gasteiger partial charge in [-0.3, -0.25) is 0 Å². The molecule has 2 aromatic rings. The summed E-state index contributed by atoms with van der Waals surface area (Å²) in [5.74, 6) is 2.40. The number of para-hydroxylation sites is 1. The van der Waals surface area contributed by atoms with Gasteiger partial charge in [-0.05, 0) is 55.5 Å². The van der Waals surface area contributed by atoms with Crippen molar-refractivity contribution >= 4 is 23.2 Å². The molecule has 21 heavy (non-hydrogen) atoms. The van der Waals surface area contributed by atoms with E-state index in [4.69, 9.17) is 27.9 Å². The van der Waals surface area contributed by atoms with Crippen LogP contribution in [-0.2, 0) is 0 Å². The van der Waals surface area contributed by atoms with E-state index in [0.29, 0.717) is 16.1 Å². The molecule has 0 bridgehead atoms. The van der Waals surface area contributed by atoms with Gasteiger partial charge in [-0.2, -0.15) is 0 Å². The van der Waals surface area contributed by atoms with Crippen molar-refractivity contribution in [3.05, 3.63) is 70.1 Å². The first kappa shape index (κ1) is 14.7. The van der Waals surface area contributed by atoms with Gasteiger partial charge >= 0.3 is 0 Å². The second kappa shape index (κ2) is 6.72. The van der Waals surface area contributed by atoms with Crippen molar-refractivity contribution in [2.24, 2.45) is 0 Å². The van der Waals surface area contributed by atoms with Crippen molar-refractivity contribution in [2.45, 2.75) is 31.8 Å². The Bertz CT molecular complexity index is 589. The Morgan fingerprint density at radius 3 is 2.24 bits per heavy atom. The molecular formula is C18H17Cl2O. The molecule has 0 aliphatic heterocycles. The third-order valence-electron chi connectivity index (χ3n) is 3.91. The second-order valence-corrected chi connectivity index (χ2v) is 6.18. The van der Waals surface area contributed by atoms with Gasteiger partial charge in [-0.1, -0.05) is 47.5 Å². The first-order valence-corrected chi connectivity index (χ1v) is 8.00. The molecule has 0 atom stereocenters. The van der Waals surface area contributed by atoms with Crippen LogP contribution in [0.25, 0.3) is 0 Å². The summed E-state index contributed by atoms with van der Waals surface area (Å²) in [5, 5.41) is 1.24. The van der Waals surface area contributed by atoms with Gasteiger partial charge in [0.1, 0.15) is 5.75 Å². The SMILES string of the molecule is Clc1ccc([C]2CCC(Oc3ccccc3)CC2)cc1Cl. The maximum atomic E-state index is 6.10. The van der Waals surface area contributed by atoms with Crippen LogP contribution in [-0.4, -0.2) is 6.10 Å². The Hall–Kier alpha value is -1.18. The number of rotatable bonds is 3. The molecule has 0 unspecified atom stereocenters. The predicted octanol–water partition coefficient (Wildman–Crippen LogP) is 5.94. The molecular weight excluding hydrogens is 303 g/mol. The third-order valence-corrected chi connectivity index (χ3v) is 4.65. The predicted molar refractivity (Wildman–Crippen MR) is 88.1 cm³/mol. The summed E-state index contributed by atoms with van der Waals surface area (Å²) in [7, 11) is 0. The summed E-state index contributed by atoms with van der Waals surface area (Å²) in [6, 6.07) is 15.9. The molecule has 1 nitrogen and oxygen atoms in total. The van der Waals surface area contributed by atoms with E-state index in [-0.39, 0.29) is 0 Å². The summed E-state index contributed by atoms with van der Waals surface area (Å²) in [4.78, 5) is 0. The van der Waals surface area contributed by atoms with Crippen LogP contribution in [0.15, 0.2) is 48.5 Å². The smallest absolute Gasteiger partial charge is 0.119 e. The molecule has 1 fully saturated rings. The molecule has 0 N–H and O–H groups in total. The van der Waals surface area contributed by atoms with Crippen molar-refractivity contribution in [1.29, 1.82) is 0 Å². The summed E-state index contributed by atoms with van der Waals surface area (Å²) in [6.07, 6.45) is 4.50.